The number of ether oxygens (including phenoxy) is 1. The van der Waals surface area contributed by atoms with Gasteiger partial charge in [0, 0.05) is 11.1 Å². The maximum atomic E-state index is 9.61. The summed E-state index contributed by atoms with van der Waals surface area (Å²) >= 11 is 6.35. The lowest BCUT2D eigenvalue weighted by molar-refractivity contribution is 0.483. The Kier molecular flexibility index (Phi) is 5.29. The summed E-state index contributed by atoms with van der Waals surface area (Å²) in [5.74, 6) is 1.49. The van der Waals surface area contributed by atoms with Crippen molar-refractivity contribution in [3.05, 3.63) is 101 Å². The van der Waals surface area contributed by atoms with Crippen LogP contribution in [-0.2, 0) is 0 Å². The molecule has 29 heavy (non-hydrogen) atoms. The third-order valence-corrected chi connectivity index (χ3v) is 4.85. The molecule has 0 aliphatic heterocycles. The van der Waals surface area contributed by atoms with Gasteiger partial charge in [-0.2, -0.15) is 5.26 Å². The average molecular weight is 397 g/mol. The normalized spacial score (nSPS) is 10.4. The van der Waals surface area contributed by atoms with Gasteiger partial charge in [0.1, 0.15) is 22.7 Å². The smallest absolute Gasteiger partial charge is 0.148 e. The molecule has 0 aliphatic carbocycles. The summed E-state index contributed by atoms with van der Waals surface area (Å²) in [6, 6.07) is 29.3. The maximum Gasteiger partial charge on any atom is 0.148 e. The first-order valence-electron chi connectivity index (χ1n) is 9.15. The zero-order valence-corrected chi connectivity index (χ0v) is 16.5. The standard InChI is InChI=1S/C25H17ClN2O/c1-17-7-9-19(10-8-17)24-15-22(23(16-27)25(26)28-24)18-11-13-21(14-12-18)29-20-5-3-2-4-6-20/h2-15H,1H3. The van der Waals surface area contributed by atoms with Crippen molar-refractivity contribution < 1.29 is 4.74 Å². The summed E-state index contributed by atoms with van der Waals surface area (Å²) in [5, 5.41) is 9.81. The highest BCUT2D eigenvalue weighted by atomic mass is 35.5. The van der Waals surface area contributed by atoms with Gasteiger partial charge < -0.3 is 4.74 Å². The molecule has 0 aliphatic rings. The molecule has 4 heteroatoms. The van der Waals surface area contributed by atoms with Crippen LogP contribution in [0.25, 0.3) is 22.4 Å². The lowest BCUT2D eigenvalue weighted by Gasteiger charge is -2.11. The van der Waals surface area contributed by atoms with Gasteiger partial charge in [0.15, 0.2) is 0 Å². The van der Waals surface area contributed by atoms with E-state index < -0.39 is 0 Å². The molecule has 0 atom stereocenters. The van der Waals surface area contributed by atoms with Gasteiger partial charge in [0.05, 0.1) is 11.3 Å². The summed E-state index contributed by atoms with van der Waals surface area (Å²) in [6.45, 7) is 2.04. The van der Waals surface area contributed by atoms with E-state index in [1.54, 1.807) is 0 Å². The molecule has 1 aromatic heterocycles. The Balaban J connectivity index is 1.71. The van der Waals surface area contributed by atoms with E-state index in [-0.39, 0.29) is 5.15 Å². The van der Waals surface area contributed by atoms with Gasteiger partial charge in [0.2, 0.25) is 0 Å². The van der Waals surface area contributed by atoms with Crippen molar-refractivity contribution in [2.75, 3.05) is 0 Å². The van der Waals surface area contributed by atoms with Crippen LogP contribution < -0.4 is 4.74 Å². The molecule has 0 bridgehead atoms. The van der Waals surface area contributed by atoms with Crippen LogP contribution in [0, 0.1) is 18.3 Å². The van der Waals surface area contributed by atoms with E-state index >= 15 is 0 Å². The highest BCUT2D eigenvalue weighted by Gasteiger charge is 2.14. The van der Waals surface area contributed by atoms with Gasteiger partial charge in [-0.1, -0.05) is 71.8 Å². The van der Waals surface area contributed by atoms with E-state index in [1.807, 2.05) is 91.9 Å². The lowest BCUT2D eigenvalue weighted by Crippen LogP contribution is -1.93. The van der Waals surface area contributed by atoms with Crippen molar-refractivity contribution in [1.29, 1.82) is 5.26 Å². The Bertz CT molecular complexity index is 1180. The van der Waals surface area contributed by atoms with Crippen molar-refractivity contribution in [1.82, 2.24) is 4.98 Å². The Hall–Kier alpha value is -3.61. The summed E-state index contributed by atoms with van der Waals surface area (Å²) in [6.07, 6.45) is 0. The monoisotopic (exact) mass is 396 g/mol. The number of rotatable bonds is 4. The highest BCUT2D eigenvalue weighted by Crippen LogP contribution is 2.33. The van der Waals surface area contributed by atoms with Gasteiger partial charge in [0.25, 0.3) is 0 Å². The van der Waals surface area contributed by atoms with E-state index in [4.69, 9.17) is 16.3 Å². The quantitative estimate of drug-likeness (QED) is 0.347. The number of benzene rings is 3. The Morgan fingerprint density at radius 3 is 2.10 bits per heavy atom. The van der Waals surface area contributed by atoms with Crippen LogP contribution in [-0.4, -0.2) is 4.98 Å². The molecule has 3 aromatic carbocycles. The number of nitrogens with zero attached hydrogens (tertiary/aromatic N) is 2. The molecular formula is C25H17ClN2O. The Labute approximate surface area is 174 Å². The van der Waals surface area contributed by atoms with Crippen LogP contribution in [0.5, 0.6) is 11.5 Å². The fourth-order valence-electron chi connectivity index (χ4n) is 3.05. The van der Waals surface area contributed by atoms with Crippen LogP contribution in [0.3, 0.4) is 0 Å². The van der Waals surface area contributed by atoms with Gasteiger partial charge in [-0.3, -0.25) is 0 Å². The van der Waals surface area contributed by atoms with Crippen molar-refractivity contribution in [3.63, 3.8) is 0 Å². The molecule has 0 fully saturated rings. The molecule has 0 unspecified atom stereocenters. The zero-order valence-electron chi connectivity index (χ0n) is 15.8. The number of nitriles is 1. The lowest BCUT2D eigenvalue weighted by atomic mass is 9.99. The molecule has 1 heterocycles. The molecule has 140 valence electrons. The fourth-order valence-corrected chi connectivity index (χ4v) is 3.28. The number of hydrogen-bond acceptors (Lipinski definition) is 3. The molecule has 0 spiro atoms. The summed E-state index contributed by atoms with van der Waals surface area (Å²) in [4.78, 5) is 4.42. The second-order valence-electron chi connectivity index (χ2n) is 6.64. The molecule has 0 amide bonds. The molecule has 0 N–H and O–H groups in total. The first-order chi connectivity index (χ1) is 14.1. The first-order valence-corrected chi connectivity index (χ1v) is 9.53. The second-order valence-corrected chi connectivity index (χ2v) is 7.00. The number of halogens is 1. The zero-order chi connectivity index (χ0) is 20.2. The number of para-hydroxylation sites is 1. The third-order valence-electron chi connectivity index (χ3n) is 4.58. The van der Waals surface area contributed by atoms with Crippen LogP contribution in [0.4, 0.5) is 0 Å². The van der Waals surface area contributed by atoms with E-state index in [2.05, 4.69) is 11.1 Å². The summed E-state index contributed by atoms with van der Waals surface area (Å²) in [7, 11) is 0. The number of hydrogen-bond donors (Lipinski definition) is 0. The van der Waals surface area contributed by atoms with Gasteiger partial charge >= 0.3 is 0 Å². The Morgan fingerprint density at radius 1 is 0.828 bits per heavy atom. The van der Waals surface area contributed by atoms with Crippen molar-refractivity contribution in [2.45, 2.75) is 6.92 Å². The van der Waals surface area contributed by atoms with E-state index in [0.717, 1.165) is 33.9 Å². The summed E-state index contributed by atoms with van der Waals surface area (Å²) < 4.78 is 5.85. The average Bonchev–Trinajstić information content (AvgIpc) is 2.75. The SMILES string of the molecule is Cc1ccc(-c2cc(-c3ccc(Oc4ccccc4)cc3)c(C#N)c(Cl)n2)cc1. The second kappa shape index (κ2) is 8.18. The number of pyridine rings is 1. The van der Waals surface area contributed by atoms with Crippen LogP contribution in [0.2, 0.25) is 5.15 Å². The topological polar surface area (TPSA) is 45.9 Å². The molecule has 4 aromatic rings. The molecule has 4 rings (SSSR count). The van der Waals surface area contributed by atoms with Gasteiger partial charge in [-0.25, -0.2) is 4.98 Å². The van der Waals surface area contributed by atoms with Gasteiger partial charge in [-0.05, 0) is 42.8 Å². The van der Waals surface area contributed by atoms with Crippen molar-refractivity contribution in [3.8, 4) is 40.0 Å². The van der Waals surface area contributed by atoms with E-state index in [9.17, 15) is 5.26 Å². The van der Waals surface area contributed by atoms with Crippen LogP contribution in [0.15, 0.2) is 84.9 Å². The minimum absolute atomic E-state index is 0.199. The van der Waals surface area contributed by atoms with Crippen LogP contribution >= 0.6 is 11.6 Å². The van der Waals surface area contributed by atoms with Gasteiger partial charge in [-0.15, -0.1) is 0 Å². The van der Waals surface area contributed by atoms with Crippen molar-refractivity contribution >= 4 is 11.6 Å². The van der Waals surface area contributed by atoms with E-state index in [0.29, 0.717) is 5.56 Å². The molecule has 0 saturated carbocycles. The number of aryl methyl sites for hydroxylation is 1. The van der Waals surface area contributed by atoms with Crippen LogP contribution in [0.1, 0.15) is 11.1 Å². The largest absolute Gasteiger partial charge is 0.457 e. The molecule has 0 radical (unpaired) electrons. The minimum Gasteiger partial charge on any atom is -0.457 e. The third kappa shape index (κ3) is 4.13. The molecular weight excluding hydrogens is 380 g/mol. The van der Waals surface area contributed by atoms with E-state index in [1.165, 1.54) is 5.56 Å². The van der Waals surface area contributed by atoms with Crippen molar-refractivity contribution in [2.24, 2.45) is 0 Å². The fraction of sp³-hybridized carbons (Fsp3) is 0.0400. The predicted octanol–water partition coefficient (Wildman–Crippen LogP) is 7.04. The summed E-state index contributed by atoms with van der Waals surface area (Å²) in [5.41, 5.74) is 4.83. The number of aromatic nitrogens is 1. The Morgan fingerprint density at radius 2 is 1.45 bits per heavy atom. The molecule has 3 nitrogen and oxygen atoms in total. The molecule has 0 saturated heterocycles. The maximum absolute atomic E-state index is 9.61. The first kappa shape index (κ1) is 18.7. The highest BCUT2D eigenvalue weighted by molar-refractivity contribution is 6.31. The predicted molar refractivity (Wildman–Crippen MR) is 116 cm³/mol. The minimum atomic E-state index is 0.199.